The fraction of sp³-hybridized carbons (Fsp3) is 0.875. The highest BCUT2D eigenvalue weighted by atomic mass is 32.2. The van der Waals surface area contributed by atoms with Gasteiger partial charge in [-0.15, -0.1) is 0 Å². The van der Waals surface area contributed by atoms with E-state index in [0.29, 0.717) is 52.3 Å². The number of sulfonamides is 1. The molecular weight excluding hydrogens is 358 g/mol. The Kier molecular flexibility index (Phi) is 9.71. The molecule has 0 aromatic heterocycles. The zero-order valence-corrected chi connectivity index (χ0v) is 17.2. The number of rotatable bonds is 8. The molecule has 0 unspecified atom stereocenters. The summed E-state index contributed by atoms with van der Waals surface area (Å²) < 4.78 is 29.9. The van der Waals surface area contributed by atoms with Crippen molar-refractivity contribution in [2.24, 2.45) is 4.99 Å². The van der Waals surface area contributed by atoms with Gasteiger partial charge >= 0.3 is 6.09 Å². The summed E-state index contributed by atoms with van der Waals surface area (Å²) in [6.45, 7) is 10.2. The molecule has 1 rings (SSSR count). The Hall–Kier alpha value is -1.55. The molecule has 9 nitrogen and oxygen atoms in total. The second-order valence-corrected chi connectivity index (χ2v) is 8.35. The van der Waals surface area contributed by atoms with E-state index in [1.165, 1.54) is 4.31 Å². The number of ether oxygens (including phenoxy) is 1. The molecule has 1 fully saturated rings. The summed E-state index contributed by atoms with van der Waals surface area (Å²) >= 11 is 0. The Labute approximate surface area is 157 Å². The molecule has 0 aromatic carbocycles. The van der Waals surface area contributed by atoms with Crippen LogP contribution in [0.1, 0.15) is 27.2 Å². The van der Waals surface area contributed by atoms with Crippen LogP contribution in [0.2, 0.25) is 0 Å². The molecule has 0 spiro atoms. The van der Waals surface area contributed by atoms with E-state index >= 15 is 0 Å². The number of piperazine rings is 1. The van der Waals surface area contributed by atoms with Crippen LogP contribution in [0.15, 0.2) is 4.99 Å². The van der Waals surface area contributed by atoms with Crippen molar-refractivity contribution in [2.45, 2.75) is 27.2 Å². The number of hydrogen-bond acceptors (Lipinski definition) is 5. The molecule has 1 N–H and O–H groups in total. The predicted octanol–water partition coefficient (Wildman–Crippen LogP) is 0.398. The standard InChI is InChI=1S/C16H33N5O4S/c1-5-17-15(18-9-8-10-19(4)26(23,24)7-3)20-11-13-21(14-12-20)16(22)25-6-2/h5-14H2,1-4H3,(H,17,18). The van der Waals surface area contributed by atoms with Crippen LogP contribution in [0.4, 0.5) is 4.79 Å². The summed E-state index contributed by atoms with van der Waals surface area (Å²) in [6.07, 6.45) is 0.391. The van der Waals surface area contributed by atoms with E-state index in [1.807, 2.05) is 6.92 Å². The zero-order valence-electron chi connectivity index (χ0n) is 16.4. The Morgan fingerprint density at radius 3 is 2.31 bits per heavy atom. The first-order valence-electron chi connectivity index (χ1n) is 9.24. The lowest BCUT2D eigenvalue weighted by molar-refractivity contribution is 0.0914. The van der Waals surface area contributed by atoms with E-state index in [1.54, 1.807) is 25.8 Å². The third-order valence-electron chi connectivity index (χ3n) is 4.17. The average molecular weight is 392 g/mol. The van der Waals surface area contributed by atoms with Crippen molar-refractivity contribution in [3.63, 3.8) is 0 Å². The highest BCUT2D eigenvalue weighted by molar-refractivity contribution is 7.89. The van der Waals surface area contributed by atoms with Crippen molar-refractivity contribution in [1.29, 1.82) is 0 Å². The summed E-state index contributed by atoms with van der Waals surface area (Å²) in [4.78, 5) is 20.2. The summed E-state index contributed by atoms with van der Waals surface area (Å²) in [5, 5.41) is 3.26. The molecule has 152 valence electrons. The average Bonchev–Trinajstić information content (AvgIpc) is 2.64. The lowest BCUT2D eigenvalue weighted by Gasteiger charge is -2.35. The second-order valence-electron chi connectivity index (χ2n) is 5.98. The van der Waals surface area contributed by atoms with Gasteiger partial charge in [0.15, 0.2) is 5.96 Å². The number of nitrogens with one attached hydrogen (secondary N) is 1. The van der Waals surface area contributed by atoms with Gasteiger partial charge in [0.05, 0.1) is 12.4 Å². The molecule has 0 bridgehead atoms. The smallest absolute Gasteiger partial charge is 0.409 e. The third kappa shape index (κ3) is 6.99. The van der Waals surface area contributed by atoms with E-state index in [4.69, 9.17) is 4.74 Å². The Balaban J connectivity index is 2.50. The minimum atomic E-state index is -3.14. The van der Waals surface area contributed by atoms with E-state index < -0.39 is 10.0 Å². The van der Waals surface area contributed by atoms with Gasteiger partial charge in [-0.25, -0.2) is 17.5 Å². The molecule has 0 saturated carbocycles. The van der Waals surface area contributed by atoms with Gasteiger partial charge in [0.1, 0.15) is 0 Å². The number of carbonyl (C=O) groups is 1. The molecule has 1 amide bonds. The highest BCUT2D eigenvalue weighted by Gasteiger charge is 2.23. The minimum Gasteiger partial charge on any atom is -0.450 e. The molecule has 10 heteroatoms. The molecule has 0 atom stereocenters. The van der Waals surface area contributed by atoms with Crippen LogP contribution in [-0.2, 0) is 14.8 Å². The Morgan fingerprint density at radius 1 is 1.15 bits per heavy atom. The summed E-state index contributed by atoms with van der Waals surface area (Å²) in [7, 11) is -1.54. The topological polar surface area (TPSA) is 94.5 Å². The fourth-order valence-electron chi connectivity index (χ4n) is 2.58. The Morgan fingerprint density at radius 2 is 1.77 bits per heavy atom. The van der Waals surface area contributed by atoms with Gasteiger partial charge < -0.3 is 19.9 Å². The lowest BCUT2D eigenvalue weighted by Crippen LogP contribution is -2.54. The molecular formula is C16H33N5O4S. The van der Waals surface area contributed by atoms with Gasteiger partial charge in [-0.05, 0) is 27.2 Å². The van der Waals surface area contributed by atoms with Gasteiger partial charge in [-0.1, -0.05) is 0 Å². The Bertz CT molecular complexity index is 559. The van der Waals surface area contributed by atoms with Crippen LogP contribution in [0, 0.1) is 0 Å². The third-order valence-corrected chi connectivity index (χ3v) is 6.03. The first kappa shape index (κ1) is 22.5. The SMILES string of the molecule is CCNC(=NCCCN(C)S(=O)(=O)CC)N1CCN(C(=O)OCC)CC1. The highest BCUT2D eigenvalue weighted by Crippen LogP contribution is 2.05. The summed E-state index contributed by atoms with van der Waals surface area (Å²) in [5.41, 5.74) is 0. The number of carbonyl (C=O) groups excluding carboxylic acids is 1. The number of nitrogens with zero attached hydrogens (tertiary/aromatic N) is 4. The quantitative estimate of drug-likeness (QED) is 0.366. The van der Waals surface area contributed by atoms with Crippen LogP contribution in [0.25, 0.3) is 0 Å². The zero-order chi connectivity index (χ0) is 19.6. The monoisotopic (exact) mass is 391 g/mol. The van der Waals surface area contributed by atoms with Crippen molar-refractivity contribution in [1.82, 2.24) is 19.4 Å². The van der Waals surface area contributed by atoms with Crippen LogP contribution >= 0.6 is 0 Å². The van der Waals surface area contributed by atoms with E-state index in [-0.39, 0.29) is 11.8 Å². The molecule has 1 aliphatic heterocycles. The van der Waals surface area contributed by atoms with Gasteiger partial charge in [0.25, 0.3) is 0 Å². The minimum absolute atomic E-state index is 0.111. The van der Waals surface area contributed by atoms with E-state index in [2.05, 4.69) is 15.2 Å². The van der Waals surface area contributed by atoms with Crippen LogP contribution in [-0.4, -0.2) is 99.8 Å². The maximum Gasteiger partial charge on any atom is 0.409 e. The van der Waals surface area contributed by atoms with Crippen molar-refractivity contribution in [3.8, 4) is 0 Å². The van der Waals surface area contributed by atoms with Crippen molar-refractivity contribution < 1.29 is 17.9 Å². The molecule has 0 radical (unpaired) electrons. The van der Waals surface area contributed by atoms with E-state index in [9.17, 15) is 13.2 Å². The van der Waals surface area contributed by atoms with Gasteiger partial charge in [-0.3, -0.25) is 4.99 Å². The largest absolute Gasteiger partial charge is 0.450 e. The lowest BCUT2D eigenvalue weighted by atomic mass is 10.3. The number of guanidine groups is 1. The van der Waals surface area contributed by atoms with Crippen LogP contribution < -0.4 is 5.32 Å². The number of amides is 1. The predicted molar refractivity (Wildman–Crippen MR) is 103 cm³/mol. The molecule has 1 heterocycles. The van der Waals surface area contributed by atoms with Gasteiger partial charge in [0.2, 0.25) is 10.0 Å². The van der Waals surface area contributed by atoms with Gasteiger partial charge in [-0.2, -0.15) is 0 Å². The summed E-state index contributed by atoms with van der Waals surface area (Å²) in [6, 6.07) is 0. The van der Waals surface area contributed by atoms with Crippen molar-refractivity contribution >= 4 is 22.1 Å². The van der Waals surface area contributed by atoms with Crippen molar-refractivity contribution in [2.75, 3.05) is 65.2 Å². The van der Waals surface area contributed by atoms with Crippen LogP contribution in [0.5, 0.6) is 0 Å². The second kappa shape index (κ2) is 11.2. The van der Waals surface area contributed by atoms with Gasteiger partial charge in [0, 0.05) is 52.9 Å². The normalized spacial score (nSPS) is 16.1. The molecule has 0 aliphatic carbocycles. The first-order chi connectivity index (χ1) is 12.4. The maximum atomic E-state index is 11.8. The maximum absolute atomic E-state index is 11.8. The molecule has 1 saturated heterocycles. The van der Waals surface area contributed by atoms with Crippen molar-refractivity contribution in [3.05, 3.63) is 0 Å². The first-order valence-corrected chi connectivity index (χ1v) is 10.9. The molecule has 0 aromatic rings. The van der Waals surface area contributed by atoms with E-state index in [0.717, 1.165) is 12.5 Å². The molecule has 26 heavy (non-hydrogen) atoms. The number of aliphatic imine (C=N–C) groups is 1. The molecule has 1 aliphatic rings. The fourth-order valence-corrected chi connectivity index (χ4v) is 3.43. The number of hydrogen-bond donors (Lipinski definition) is 1. The van der Waals surface area contributed by atoms with Crippen LogP contribution in [0.3, 0.4) is 0 Å². The summed E-state index contributed by atoms with van der Waals surface area (Å²) in [5.74, 6) is 0.914.